The van der Waals surface area contributed by atoms with Gasteiger partial charge in [0.05, 0.1) is 23.3 Å². The Balaban J connectivity index is 1.94. The van der Waals surface area contributed by atoms with Crippen molar-refractivity contribution in [2.75, 3.05) is 12.8 Å². The standard InChI is InChI=1S/C20H14ClFN4O/c1-27-18-8-13(15(21)9-16(18)22)19-12(3-2-6-24-19)11-4-5-17-14(7-11)20(23)26-10-25-17/h2-10H,1H3,(H2,23,25,26). The molecule has 2 N–H and O–H groups in total. The number of pyridine rings is 1. The van der Waals surface area contributed by atoms with E-state index in [9.17, 15) is 4.39 Å². The van der Waals surface area contributed by atoms with Crippen LogP contribution in [0.4, 0.5) is 10.2 Å². The van der Waals surface area contributed by atoms with Gasteiger partial charge in [-0.3, -0.25) is 4.98 Å². The Kier molecular flexibility index (Phi) is 4.33. The number of halogens is 2. The molecule has 5 nitrogen and oxygen atoms in total. The Hall–Kier alpha value is -3.25. The Morgan fingerprint density at radius 3 is 2.70 bits per heavy atom. The van der Waals surface area contributed by atoms with Crippen molar-refractivity contribution in [3.8, 4) is 28.1 Å². The summed E-state index contributed by atoms with van der Waals surface area (Å²) in [5.74, 6) is -0.0321. The molecule has 27 heavy (non-hydrogen) atoms. The van der Waals surface area contributed by atoms with Crippen molar-refractivity contribution >= 4 is 28.3 Å². The normalized spacial score (nSPS) is 10.9. The molecule has 0 aliphatic rings. The van der Waals surface area contributed by atoms with E-state index < -0.39 is 5.82 Å². The van der Waals surface area contributed by atoms with Crippen molar-refractivity contribution < 1.29 is 9.13 Å². The Morgan fingerprint density at radius 1 is 1.04 bits per heavy atom. The van der Waals surface area contributed by atoms with Crippen molar-refractivity contribution in [1.82, 2.24) is 15.0 Å². The van der Waals surface area contributed by atoms with Crippen LogP contribution in [-0.2, 0) is 0 Å². The van der Waals surface area contributed by atoms with E-state index in [1.165, 1.54) is 19.5 Å². The molecular formula is C20H14ClFN4O. The van der Waals surface area contributed by atoms with E-state index in [1.54, 1.807) is 12.3 Å². The van der Waals surface area contributed by atoms with E-state index in [4.69, 9.17) is 22.1 Å². The van der Waals surface area contributed by atoms with Gasteiger partial charge in [0.1, 0.15) is 12.1 Å². The molecule has 134 valence electrons. The summed E-state index contributed by atoms with van der Waals surface area (Å²) < 4.78 is 19.0. The highest BCUT2D eigenvalue weighted by molar-refractivity contribution is 6.33. The first-order valence-electron chi connectivity index (χ1n) is 8.07. The number of hydrogen-bond donors (Lipinski definition) is 1. The third kappa shape index (κ3) is 3.04. The van der Waals surface area contributed by atoms with E-state index in [-0.39, 0.29) is 10.8 Å². The molecule has 4 aromatic rings. The lowest BCUT2D eigenvalue weighted by Crippen LogP contribution is -1.95. The zero-order valence-corrected chi connectivity index (χ0v) is 15.0. The summed E-state index contributed by atoms with van der Waals surface area (Å²) in [5, 5.41) is 0.990. The quantitative estimate of drug-likeness (QED) is 0.555. The van der Waals surface area contributed by atoms with E-state index >= 15 is 0 Å². The van der Waals surface area contributed by atoms with Gasteiger partial charge in [0.25, 0.3) is 0 Å². The predicted octanol–water partition coefficient (Wildman–Crippen LogP) is 4.74. The molecule has 0 saturated carbocycles. The van der Waals surface area contributed by atoms with Crippen molar-refractivity contribution in [2.24, 2.45) is 0 Å². The van der Waals surface area contributed by atoms with Crippen LogP contribution in [0.25, 0.3) is 33.3 Å². The second-order valence-electron chi connectivity index (χ2n) is 5.86. The van der Waals surface area contributed by atoms with Crippen molar-refractivity contribution in [2.45, 2.75) is 0 Å². The average Bonchev–Trinajstić information content (AvgIpc) is 2.68. The molecule has 2 aromatic carbocycles. The smallest absolute Gasteiger partial charge is 0.166 e. The van der Waals surface area contributed by atoms with Crippen LogP contribution in [0.2, 0.25) is 5.02 Å². The van der Waals surface area contributed by atoms with E-state index in [0.717, 1.165) is 22.0 Å². The van der Waals surface area contributed by atoms with Gasteiger partial charge in [-0.2, -0.15) is 0 Å². The fourth-order valence-electron chi connectivity index (χ4n) is 2.96. The topological polar surface area (TPSA) is 73.9 Å². The number of benzene rings is 2. The van der Waals surface area contributed by atoms with Crippen LogP contribution in [0.15, 0.2) is 55.0 Å². The largest absolute Gasteiger partial charge is 0.494 e. The number of anilines is 1. The summed E-state index contributed by atoms with van der Waals surface area (Å²) in [4.78, 5) is 12.7. The molecule has 0 aliphatic carbocycles. The molecule has 4 rings (SSSR count). The van der Waals surface area contributed by atoms with Crippen LogP contribution in [0, 0.1) is 5.82 Å². The SMILES string of the molecule is COc1cc(-c2ncccc2-c2ccc3ncnc(N)c3c2)c(Cl)cc1F. The Bertz CT molecular complexity index is 1170. The summed E-state index contributed by atoms with van der Waals surface area (Å²) in [5.41, 5.74) is 9.60. The van der Waals surface area contributed by atoms with Gasteiger partial charge < -0.3 is 10.5 Å². The lowest BCUT2D eigenvalue weighted by atomic mass is 9.98. The molecule has 0 radical (unpaired) electrons. The fraction of sp³-hybridized carbons (Fsp3) is 0.0500. The van der Waals surface area contributed by atoms with Crippen LogP contribution >= 0.6 is 11.6 Å². The first-order chi connectivity index (χ1) is 13.1. The van der Waals surface area contributed by atoms with Gasteiger partial charge in [-0.15, -0.1) is 0 Å². The molecule has 0 atom stereocenters. The molecule has 0 unspecified atom stereocenters. The molecule has 2 aromatic heterocycles. The molecule has 7 heteroatoms. The maximum Gasteiger partial charge on any atom is 0.166 e. The average molecular weight is 381 g/mol. The van der Waals surface area contributed by atoms with Crippen LogP contribution in [0.5, 0.6) is 5.75 Å². The second-order valence-corrected chi connectivity index (χ2v) is 6.26. The first-order valence-corrected chi connectivity index (χ1v) is 8.45. The number of methoxy groups -OCH3 is 1. The van der Waals surface area contributed by atoms with Crippen LogP contribution in [-0.4, -0.2) is 22.1 Å². The molecule has 0 spiro atoms. The summed E-state index contributed by atoms with van der Waals surface area (Å²) in [7, 11) is 1.40. The zero-order valence-electron chi connectivity index (χ0n) is 14.3. The Morgan fingerprint density at radius 2 is 1.89 bits per heavy atom. The summed E-state index contributed by atoms with van der Waals surface area (Å²) in [6.07, 6.45) is 3.08. The number of fused-ring (bicyclic) bond motifs is 1. The fourth-order valence-corrected chi connectivity index (χ4v) is 3.20. The van der Waals surface area contributed by atoms with Crippen LogP contribution in [0.3, 0.4) is 0 Å². The third-order valence-electron chi connectivity index (χ3n) is 4.28. The summed E-state index contributed by atoms with van der Waals surface area (Å²) in [6.45, 7) is 0. The number of aromatic nitrogens is 3. The molecular weight excluding hydrogens is 367 g/mol. The third-order valence-corrected chi connectivity index (χ3v) is 4.59. The number of ether oxygens (including phenoxy) is 1. The minimum atomic E-state index is -0.528. The molecule has 0 aliphatic heterocycles. The number of hydrogen-bond acceptors (Lipinski definition) is 5. The van der Waals surface area contributed by atoms with Gasteiger partial charge in [-0.05, 0) is 35.9 Å². The minimum absolute atomic E-state index is 0.0992. The molecule has 0 bridgehead atoms. The van der Waals surface area contributed by atoms with Gasteiger partial charge in [0, 0.05) is 22.7 Å². The van der Waals surface area contributed by atoms with Gasteiger partial charge in [-0.1, -0.05) is 23.7 Å². The molecule has 0 fully saturated rings. The van der Waals surface area contributed by atoms with Gasteiger partial charge >= 0.3 is 0 Å². The van der Waals surface area contributed by atoms with Gasteiger partial charge in [0.15, 0.2) is 11.6 Å². The van der Waals surface area contributed by atoms with Crippen LogP contribution in [0.1, 0.15) is 0 Å². The summed E-state index contributed by atoms with van der Waals surface area (Å²) in [6, 6.07) is 12.2. The van der Waals surface area contributed by atoms with Crippen LogP contribution < -0.4 is 10.5 Å². The maximum absolute atomic E-state index is 13.9. The highest BCUT2D eigenvalue weighted by Gasteiger charge is 2.16. The number of nitrogens with two attached hydrogens (primary N) is 1. The lowest BCUT2D eigenvalue weighted by molar-refractivity contribution is 0.387. The predicted molar refractivity (Wildman–Crippen MR) is 104 cm³/mol. The van der Waals surface area contributed by atoms with Crippen molar-refractivity contribution in [3.05, 3.63) is 65.8 Å². The highest BCUT2D eigenvalue weighted by atomic mass is 35.5. The monoisotopic (exact) mass is 380 g/mol. The number of rotatable bonds is 3. The molecule has 2 heterocycles. The second kappa shape index (κ2) is 6.81. The first kappa shape index (κ1) is 17.2. The van der Waals surface area contributed by atoms with Crippen molar-refractivity contribution in [3.63, 3.8) is 0 Å². The minimum Gasteiger partial charge on any atom is -0.494 e. The van der Waals surface area contributed by atoms with Gasteiger partial charge in [0.2, 0.25) is 0 Å². The lowest BCUT2D eigenvalue weighted by Gasteiger charge is -2.13. The molecule has 0 amide bonds. The zero-order chi connectivity index (χ0) is 19.0. The van der Waals surface area contributed by atoms with E-state index in [2.05, 4.69) is 15.0 Å². The Labute approximate surface area is 159 Å². The van der Waals surface area contributed by atoms with E-state index in [0.29, 0.717) is 17.1 Å². The van der Waals surface area contributed by atoms with Crippen molar-refractivity contribution in [1.29, 1.82) is 0 Å². The maximum atomic E-state index is 13.9. The number of nitrogen functional groups attached to an aromatic ring is 1. The van der Waals surface area contributed by atoms with E-state index in [1.807, 2.05) is 30.3 Å². The van der Waals surface area contributed by atoms with Gasteiger partial charge in [-0.25, -0.2) is 14.4 Å². The summed E-state index contributed by atoms with van der Waals surface area (Å²) >= 11 is 6.30. The molecule has 0 saturated heterocycles. The highest BCUT2D eigenvalue weighted by Crippen LogP contribution is 2.38. The number of nitrogens with zero attached hydrogens (tertiary/aromatic N) is 3.